The molecule has 0 amide bonds. The number of fused-ring (bicyclic) bond motifs is 1. The Kier molecular flexibility index (Phi) is 2.58. The van der Waals surface area contributed by atoms with E-state index in [2.05, 4.69) is 4.98 Å². The zero-order valence-corrected chi connectivity index (χ0v) is 10.4. The molecule has 1 aromatic carbocycles. The lowest BCUT2D eigenvalue weighted by atomic mass is 9.72. The van der Waals surface area contributed by atoms with Gasteiger partial charge in [0.05, 0.1) is 18.6 Å². The van der Waals surface area contributed by atoms with Crippen LogP contribution >= 0.6 is 0 Å². The molecule has 0 bridgehead atoms. The predicted octanol–water partition coefficient (Wildman–Crippen LogP) is 0.816. The minimum Gasteiger partial charge on any atom is -0.480 e. The molecule has 1 unspecified atom stereocenters. The van der Waals surface area contributed by atoms with Crippen molar-refractivity contribution in [2.45, 2.75) is 18.4 Å². The molecule has 1 atom stereocenters. The first kappa shape index (κ1) is 12.1. The summed E-state index contributed by atoms with van der Waals surface area (Å²) in [5.41, 5.74) is 7.36. The molecule has 6 heteroatoms. The number of carboxylic acid groups (broad SMARTS) is 1. The Labute approximate surface area is 109 Å². The minimum atomic E-state index is -1.03. The summed E-state index contributed by atoms with van der Waals surface area (Å²) in [5, 5.41) is 9.15. The van der Waals surface area contributed by atoms with Crippen molar-refractivity contribution >= 4 is 17.1 Å². The van der Waals surface area contributed by atoms with E-state index in [4.69, 9.17) is 20.0 Å². The smallest absolute Gasteiger partial charge is 0.321 e. The maximum atomic E-state index is 11.2. The van der Waals surface area contributed by atoms with Crippen molar-refractivity contribution in [2.75, 3.05) is 13.2 Å². The molecule has 3 rings (SSSR count). The van der Waals surface area contributed by atoms with Gasteiger partial charge in [0, 0.05) is 6.92 Å². The van der Waals surface area contributed by atoms with Crippen LogP contribution in [0.2, 0.25) is 0 Å². The third kappa shape index (κ3) is 1.72. The fourth-order valence-electron chi connectivity index (χ4n) is 2.44. The Balaban J connectivity index is 2.08. The third-order valence-electron chi connectivity index (χ3n) is 3.65. The molecule has 2 heterocycles. The van der Waals surface area contributed by atoms with Gasteiger partial charge in [-0.05, 0) is 17.7 Å². The first-order chi connectivity index (χ1) is 9.03. The predicted molar refractivity (Wildman–Crippen MR) is 66.9 cm³/mol. The molecule has 0 radical (unpaired) electrons. The number of hydrogen-bond donors (Lipinski definition) is 2. The third-order valence-corrected chi connectivity index (χ3v) is 3.65. The molecule has 0 saturated carbocycles. The Morgan fingerprint density at radius 2 is 2.26 bits per heavy atom. The average Bonchev–Trinajstić information content (AvgIpc) is 2.66. The summed E-state index contributed by atoms with van der Waals surface area (Å²) in [6, 6.07) is 4.46. The van der Waals surface area contributed by atoms with E-state index in [-0.39, 0.29) is 0 Å². The second-order valence-corrected chi connectivity index (χ2v) is 4.88. The number of aromatic nitrogens is 1. The van der Waals surface area contributed by atoms with Gasteiger partial charge in [0.25, 0.3) is 0 Å². The van der Waals surface area contributed by atoms with Gasteiger partial charge in [-0.15, -0.1) is 0 Å². The normalized spacial score (nSPS) is 19.1. The first-order valence-electron chi connectivity index (χ1n) is 5.97. The minimum absolute atomic E-state index is 0.308. The van der Waals surface area contributed by atoms with Crippen molar-refractivity contribution in [1.29, 1.82) is 0 Å². The lowest BCUT2D eigenvalue weighted by molar-refractivity contribution is -0.148. The fraction of sp³-hybridized carbons (Fsp3) is 0.385. The highest BCUT2D eigenvalue weighted by molar-refractivity contribution is 5.78. The largest absolute Gasteiger partial charge is 0.480 e. The van der Waals surface area contributed by atoms with Gasteiger partial charge in [-0.2, -0.15) is 0 Å². The first-order valence-corrected chi connectivity index (χ1v) is 5.97. The Bertz CT molecular complexity index is 645. The molecule has 3 N–H and O–H groups in total. The fourth-order valence-corrected chi connectivity index (χ4v) is 2.44. The van der Waals surface area contributed by atoms with Crippen molar-refractivity contribution in [3.63, 3.8) is 0 Å². The average molecular weight is 262 g/mol. The molecule has 1 aliphatic rings. The van der Waals surface area contributed by atoms with Gasteiger partial charge < -0.3 is 20.0 Å². The van der Waals surface area contributed by atoms with Crippen molar-refractivity contribution in [3.8, 4) is 0 Å². The maximum absolute atomic E-state index is 11.2. The van der Waals surface area contributed by atoms with E-state index < -0.39 is 17.4 Å². The van der Waals surface area contributed by atoms with Crippen molar-refractivity contribution < 1.29 is 19.1 Å². The van der Waals surface area contributed by atoms with E-state index in [1.165, 1.54) is 0 Å². The highest BCUT2D eigenvalue weighted by Crippen LogP contribution is 2.36. The Hall–Kier alpha value is -1.92. The van der Waals surface area contributed by atoms with Crippen LogP contribution in [0, 0.1) is 6.92 Å². The zero-order valence-electron chi connectivity index (χ0n) is 10.4. The molecule has 1 saturated heterocycles. The maximum Gasteiger partial charge on any atom is 0.321 e. The molecule has 6 nitrogen and oxygen atoms in total. The van der Waals surface area contributed by atoms with Crippen LogP contribution in [-0.4, -0.2) is 35.3 Å². The number of nitrogens with two attached hydrogens (primary N) is 1. The molecule has 19 heavy (non-hydrogen) atoms. The zero-order chi connectivity index (χ0) is 13.6. The van der Waals surface area contributed by atoms with Crippen LogP contribution in [0.5, 0.6) is 0 Å². The summed E-state index contributed by atoms with van der Waals surface area (Å²) in [6.07, 6.45) is 0. The lowest BCUT2D eigenvalue weighted by Crippen LogP contribution is -2.61. The summed E-state index contributed by atoms with van der Waals surface area (Å²) in [4.78, 5) is 15.4. The number of hydrogen-bond acceptors (Lipinski definition) is 5. The van der Waals surface area contributed by atoms with E-state index in [1.54, 1.807) is 13.0 Å². The van der Waals surface area contributed by atoms with E-state index in [0.29, 0.717) is 30.2 Å². The van der Waals surface area contributed by atoms with Gasteiger partial charge in [0.2, 0.25) is 0 Å². The van der Waals surface area contributed by atoms with Gasteiger partial charge in [-0.25, -0.2) is 4.98 Å². The molecule has 1 aromatic heterocycles. The van der Waals surface area contributed by atoms with E-state index in [0.717, 1.165) is 5.56 Å². The summed E-state index contributed by atoms with van der Waals surface area (Å²) in [7, 11) is 0. The number of benzene rings is 1. The van der Waals surface area contributed by atoms with Crippen molar-refractivity contribution in [3.05, 3.63) is 29.7 Å². The van der Waals surface area contributed by atoms with Gasteiger partial charge in [-0.3, -0.25) is 4.79 Å². The highest BCUT2D eigenvalue weighted by atomic mass is 16.5. The molecular weight excluding hydrogens is 248 g/mol. The number of oxazole rings is 1. The van der Waals surface area contributed by atoms with Crippen LogP contribution in [0.1, 0.15) is 11.5 Å². The standard InChI is InChI=1S/C13H14N2O4/c1-7-15-9-4-8(2-3-10(9)19-7)13(5-18-6-13)11(14)12(16)17/h2-4,11H,5-6,14H2,1H3,(H,16,17). The van der Waals surface area contributed by atoms with Gasteiger partial charge in [0.15, 0.2) is 11.5 Å². The highest BCUT2D eigenvalue weighted by Gasteiger charge is 2.49. The summed E-state index contributed by atoms with van der Waals surface area (Å²) < 4.78 is 10.6. The topological polar surface area (TPSA) is 98.6 Å². The van der Waals surface area contributed by atoms with E-state index in [9.17, 15) is 4.79 Å². The number of aryl methyl sites for hydroxylation is 1. The molecule has 0 spiro atoms. The van der Waals surface area contributed by atoms with Crippen molar-refractivity contribution in [1.82, 2.24) is 4.98 Å². The van der Waals surface area contributed by atoms with E-state index in [1.807, 2.05) is 12.1 Å². The monoisotopic (exact) mass is 262 g/mol. The van der Waals surface area contributed by atoms with Gasteiger partial charge in [-0.1, -0.05) is 6.07 Å². The second kappa shape index (κ2) is 4.04. The van der Waals surface area contributed by atoms with E-state index >= 15 is 0 Å². The van der Waals surface area contributed by atoms with Crippen molar-refractivity contribution in [2.24, 2.45) is 5.73 Å². The summed E-state index contributed by atoms with van der Waals surface area (Å²) in [6.45, 7) is 2.39. The number of ether oxygens (including phenoxy) is 1. The second-order valence-electron chi connectivity index (χ2n) is 4.88. The number of carbonyl (C=O) groups is 1. The van der Waals surface area contributed by atoms with Gasteiger partial charge in [0.1, 0.15) is 11.6 Å². The van der Waals surface area contributed by atoms with Crippen LogP contribution in [-0.2, 0) is 14.9 Å². The molecular formula is C13H14N2O4. The molecule has 0 aliphatic carbocycles. The quantitative estimate of drug-likeness (QED) is 0.849. The van der Waals surface area contributed by atoms with Crippen LogP contribution in [0.25, 0.3) is 11.1 Å². The Morgan fingerprint density at radius 3 is 2.84 bits per heavy atom. The Morgan fingerprint density at radius 1 is 1.53 bits per heavy atom. The number of aliphatic carboxylic acids is 1. The van der Waals surface area contributed by atoms with Crippen LogP contribution in [0.4, 0.5) is 0 Å². The van der Waals surface area contributed by atoms with Crippen LogP contribution < -0.4 is 5.73 Å². The van der Waals surface area contributed by atoms with Crippen LogP contribution in [0.15, 0.2) is 22.6 Å². The molecule has 1 fully saturated rings. The van der Waals surface area contributed by atoms with Gasteiger partial charge >= 0.3 is 5.97 Å². The number of carboxylic acids is 1. The SMILES string of the molecule is Cc1nc2cc(C3(C(N)C(=O)O)COC3)ccc2o1. The number of rotatable bonds is 3. The lowest BCUT2D eigenvalue weighted by Gasteiger charge is -2.44. The number of nitrogens with zero attached hydrogens (tertiary/aromatic N) is 1. The summed E-state index contributed by atoms with van der Waals surface area (Å²) >= 11 is 0. The molecule has 100 valence electrons. The summed E-state index contributed by atoms with van der Waals surface area (Å²) in [5.74, 6) is -0.451. The molecule has 2 aromatic rings. The van der Waals surface area contributed by atoms with Crippen LogP contribution in [0.3, 0.4) is 0 Å². The molecule has 1 aliphatic heterocycles.